The zero-order valence-corrected chi connectivity index (χ0v) is 9.17. The zero-order chi connectivity index (χ0) is 10.3. The van der Waals surface area contributed by atoms with Gasteiger partial charge in [-0.05, 0) is 31.3 Å². The molecule has 1 fully saturated rings. The van der Waals surface area contributed by atoms with Gasteiger partial charge in [0.2, 0.25) is 0 Å². The van der Waals surface area contributed by atoms with E-state index in [9.17, 15) is 4.79 Å². The summed E-state index contributed by atoms with van der Waals surface area (Å²) in [5.41, 5.74) is 0.0965. The van der Waals surface area contributed by atoms with Gasteiger partial charge in [0.25, 0.3) is 0 Å². The van der Waals surface area contributed by atoms with Gasteiger partial charge in [0, 0.05) is 12.3 Å². The first-order valence-electron chi connectivity index (χ1n) is 5.44. The van der Waals surface area contributed by atoms with Gasteiger partial charge in [0.05, 0.1) is 0 Å². The van der Waals surface area contributed by atoms with Crippen LogP contribution in [0, 0.1) is 11.3 Å². The Morgan fingerprint density at radius 3 is 2.86 bits per heavy atom. The maximum absolute atomic E-state index is 11.2. The number of fused-ring (bicyclic) bond motifs is 1. The van der Waals surface area contributed by atoms with E-state index in [4.69, 9.17) is 4.74 Å². The van der Waals surface area contributed by atoms with E-state index in [-0.39, 0.29) is 17.3 Å². The molecule has 1 heterocycles. The third kappa shape index (κ3) is 1.28. The fourth-order valence-corrected chi connectivity index (χ4v) is 2.62. The maximum atomic E-state index is 11.2. The Balaban J connectivity index is 2.29. The minimum absolute atomic E-state index is 0.0628. The molecule has 0 spiro atoms. The van der Waals surface area contributed by atoms with Gasteiger partial charge < -0.3 is 4.74 Å². The van der Waals surface area contributed by atoms with Gasteiger partial charge >= 0.3 is 0 Å². The van der Waals surface area contributed by atoms with Crippen molar-refractivity contribution in [3.63, 3.8) is 0 Å². The van der Waals surface area contributed by atoms with Crippen LogP contribution in [0.3, 0.4) is 0 Å². The van der Waals surface area contributed by atoms with Gasteiger partial charge in [-0.1, -0.05) is 13.8 Å². The summed E-state index contributed by atoms with van der Waals surface area (Å²) in [7, 11) is 0. The Bertz CT molecular complexity index is 293. The zero-order valence-electron chi connectivity index (χ0n) is 9.17. The van der Waals surface area contributed by atoms with E-state index in [2.05, 4.69) is 19.9 Å². The van der Waals surface area contributed by atoms with E-state index >= 15 is 0 Å². The van der Waals surface area contributed by atoms with Gasteiger partial charge in [0.15, 0.2) is 11.5 Å². The highest BCUT2D eigenvalue weighted by molar-refractivity contribution is 5.91. The largest absolute Gasteiger partial charge is 0.486 e. The summed E-state index contributed by atoms with van der Waals surface area (Å²) < 4.78 is 5.71. The minimum atomic E-state index is 0.0628. The highest BCUT2D eigenvalue weighted by Gasteiger charge is 2.46. The first-order chi connectivity index (χ1) is 6.54. The van der Waals surface area contributed by atoms with E-state index in [0.717, 1.165) is 6.42 Å². The van der Waals surface area contributed by atoms with Crippen molar-refractivity contribution in [2.45, 2.75) is 46.1 Å². The van der Waals surface area contributed by atoms with Crippen molar-refractivity contribution < 1.29 is 9.53 Å². The topological polar surface area (TPSA) is 26.3 Å². The van der Waals surface area contributed by atoms with Crippen LogP contribution < -0.4 is 0 Å². The molecule has 0 aromatic carbocycles. The fraction of sp³-hybridized carbons (Fsp3) is 0.750. The van der Waals surface area contributed by atoms with Crippen molar-refractivity contribution >= 4 is 5.78 Å². The molecule has 3 atom stereocenters. The van der Waals surface area contributed by atoms with Crippen molar-refractivity contribution in [2.75, 3.05) is 0 Å². The summed E-state index contributed by atoms with van der Waals surface area (Å²) >= 11 is 0. The molecule has 78 valence electrons. The summed E-state index contributed by atoms with van der Waals surface area (Å²) in [6.45, 7) is 6.06. The second-order valence-corrected chi connectivity index (χ2v) is 4.87. The van der Waals surface area contributed by atoms with Gasteiger partial charge in [0.1, 0.15) is 6.10 Å². The molecule has 2 rings (SSSR count). The molecule has 0 radical (unpaired) electrons. The standard InChI is InChI=1S/C12H18O2/c1-8-5-4-6-11-12(8,3)7-10(14-11)9(2)13/h7-8,11H,4-6H2,1-3H3/t8-,11-,12+/m0/s1. The van der Waals surface area contributed by atoms with Crippen LogP contribution in [0.1, 0.15) is 40.0 Å². The maximum Gasteiger partial charge on any atom is 0.193 e. The molecule has 0 N–H and O–H groups in total. The molecule has 0 amide bonds. The number of allylic oxidation sites excluding steroid dienone is 1. The van der Waals surface area contributed by atoms with E-state index in [1.165, 1.54) is 12.8 Å². The van der Waals surface area contributed by atoms with Crippen LogP contribution in [-0.2, 0) is 9.53 Å². The summed E-state index contributed by atoms with van der Waals surface area (Å²) in [6, 6.07) is 0. The van der Waals surface area contributed by atoms with Gasteiger partial charge in [-0.15, -0.1) is 0 Å². The Morgan fingerprint density at radius 2 is 2.29 bits per heavy atom. The fourth-order valence-electron chi connectivity index (χ4n) is 2.62. The lowest BCUT2D eigenvalue weighted by atomic mass is 9.67. The number of hydrogen-bond acceptors (Lipinski definition) is 2. The van der Waals surface area contributed by atoms with Crippen LogP contribution in [0.2, 0.25) is 0 Å². The van der Waals surface area contributed by atoms with Crippen LogP contribution in [0.25, 0.3) is 0 Å². The SMILES string of the molecule is CC(=O)C1=C[C@@]2(C)[C@H](CCC[C@@H]2C)O1. The molecule has 0 aromatic rings. The number of hydrogen-bond donors (Lipinski definition) is 0. The number of rotatable bonds is 1. The van der Waals surface area contributed by atoms with Gasteiger partial charge in [-0.25, -0.2) is 0 Å². The molecular formula is C12H18O2. The molecular weight excluding hydrogens is 176 g/mol. The lowest BCUT2D eigenvalue weighted by Crippen LogP contribution is -2.37. The number of ketones is 1. The smallest absolute Gasteiger partial charge is 0.193 e. The number of Topliss-reactive ketones (excluding diaryl/α,β-unsaturated/α-hetero) is 1. The van der Waals surface area contributed by atoms with Crippen molar-refractivity contribution in [3.8, 4) is 0 Å². The number of carbonyl (C=O) groups excluding carboxylic acids is 1. The van der Waals surface area contributed by atoms with Crippen molar-refractivity contribution in [1.82, 2.24) is 0 Å². The van der Waals surface area contributed by atoms with Crippen molar-refractivity contribution in [3.05, 3.63) is 11.8 Å². The van der Waals surface area contributed by atoms with Gasteiger partial charge in [-0.3, -0.25) is 4.79 Å². The average molecular weight is 194 g/mol. The monoisotopic (exact) mass is 194 g/mol. The Labute approximate surface area is 85.3 Å². The predicted molar refractivity (Wildman–Crippen MR) is 54.8 cm³/mol. The van der Waals surface area contributed by atoms with Crippen molar-refractivity contribution in [1.29, 1.82) is 0 Å². The molecule has 0 aromatic heterocycles. The number of ether oxygens (including phenoxy) is 1. The van der Waals surface area contributed by atoms with E-state index in [1.807, 2.05) is 0 Å². The lowest BCUT2D eigenvalue weighted by molar-refractivity contribution is -0.118. The molecule has 1 aliphatic carbocycles. The first-order valence-corrected chi connectivity index (χ1v) is 5.44. The molecule has 2 aliphatic rings. The molecule has 0 saturated heterocycles. The predicted octanol–water partition coefficient (Wildman–Crippen LogP) is 2.68. The van der Waals surface area contributed by atoms with Crippen LogP contribution in [0.4, 0.5) is 0 Å². The molecule has 0 bridgehead atoms. The number of carbonyl (C=O) groups is 1. The highest BCUT2D eigenvalue weighted by atomic mass is 16.5. The summed E-state index contributed by atoms with van der Waals surface area (Å²) in [4.78, 5) is 11.2. The summed E-state index contributed by atoms with van der Waals surface area (Å²) in [6.07, 6.45) is 5.86. The molecule has 2 heteroatoms. The Morgan fingerprint density at radius 1 is 1.57 bits per heavy atom. The Hall–Kier alpha value is -0.790. The normalized spacial score (nSPS) is 41.2. The van der Waals surface area contributed by atoms with Crippen molar-refractivity contribution in [2.24, 2.45) is 11.3 Å². The second kappa shape index (κ2) is 3.11. The van der Waals surface area contributed by atoms with Gasteiger partial charge in [-0.2, -0.15) is 0 Å². The molecule has 1 saturated carbocycles. The molecule has 2 nitrogen and oxygen atoms in total. The third-order valence-corrected chi connectivity index (χ3v) is 3.92. The summed E-state index contributed by atoms with van der Waals surface area (Å²) in [5, 5.41) is 0. The van der Waals surface area contributed by atoms with E-state index in [0.29, 0.717) is 11.7 Å². The Kier molecular flexibility index (Phi) is 2.17. The van der Waals surface area contributed by atoms with Crippen LogP contribution in [-0.4, -0.2) is 11.9 Å². The minimum Gasteiger partial charge on any atom is -0.486 e. The van der Waals surface area contributed by atoms with Crippen LogP contribution in [0.5, 0.6) is 0 Å². The molecule has 1 aliphatic heterocycles. The average Bonchev–Trinajstić information content (AvgIpc) is 2.45. The highest BCUT2D eigenvalue weighted by Crippen LogP contribution is 2.48. The first kappa shape index (κ1) is 9.75. The van der Waals surface area contributed by atoms with E-state index in [1.54, 1.807) is 6.92 Å². The summed E-state index contributed by atoms with van der Waals surface area (Å²) in [5.74, 6) is 1.28. The quantitative estimate of drug-likeness (QED) is 0.641. The molecule has 14 heavy (non-hydrogen) atoms. The third-order valence-electron chi connectivity index (χ3n) is 3.92. The second-order valence-electron chi connectivity index (χ2n) is 4.87. The molecule has 0 unspecified atom stereocenters. The lowest BCUT2D eigenvalue weighted by Gasteiger charge is -2.39. The van der Waals surface area contributed by atoms with E-state index < -0.39 is 0 Å². The van der Waals surface area contributed by atoms with Crippen LogP contribution >= 0.6 is 0 Å². The van der Waals surface area contributed by atoms with Crippen LogP contribution in [0.15, 0.2) is 11.8 Å².